The largest absolute Gasteiger partial charge is 0.324 e. The van der Waals surface area contributed by atoms with E-state index in [1.165, 1.54) is 0 Å². The third kappa shape index (κ3) is 3.01. The lowest BCUT2D eigenvalue weighted by molar-refractivity contribution is 0.262. The van der Waals surface area contributed by atoms with Gasteiger partial charge in [-0.15, -0.1) is 12.6 Å². The van der Waals surface area contributed by atoms with Crippen LogP contribution in [0.25, 0.3) is 0 Å². The summed E-state index contributed by atoms with van der Waals surface area (Å²) in [4.78, 5) is 16.6. The Hall–Kier alpha value is -2.01. The molecular weight excluding hydrogens is 246 g/mol. The van der Waals surface area contributed by atoms with Crippen LogP contribution in [0.5, 0.6) is 0 Å². The number of para-hydroxylation sites is 1. The second kappa shape index (κ2) is 5.55. The number of aromatic nitrogens is 1. The van der Waals surface area contributed by atoms with Gasteiger partial charge in [-0.05, 0) is 30.7 Å². The molecule has 2 N–H and O–H groups in total. The second-order valence-corrected chi connectivity index (χ2v) is 4.25. The Morgan fingerprint density at radius 3 is 2.67 bits per heavy atom. The Morgan fingerprint density at radius 1 is 1.17 bits per heavy atom. The first-order valence-electron chi connectivity index (χ1n) is 5.44. The molecule has 0 fully saturated rings. The molecule has 0 bridgehead atoms. The molecule has 1 heterocycles. The summed E-state index contributed by atoms with van der Waals surface area (Å²) in [7, 11) is 0. The van der Waals surface area contributed by atoms with Crippen molar-refractivity contribution in [1.82, 2.24) is 4.98 Å². The number of anilines is 2. The van der Waals surface area contributed by atoms with Crippen molar-refractivity contribution in [3.63, 3.8) is 0 Å². The van der Waals surface area contributed by atoms with E-state index >= 15 is 0 Å². The predicted molar refractivity (Wildman–Crippen MR) is 75.3 cm³/mol. The van der Waals surface area contributed by atoms with Gasteiger partial charge in [0.05, 0.1) is 5.69 Å². The maximum absolute atomic E-state index is 11.8. The van der Waals surface area contributed by atoms with E-state index in [9.17, 15) is 4.79 Å². The zero-order valence-corrected chi connectivity index (χ0v) is 10.7. The summed E-state index contributed by atoms with van der Waals surface area (Å²) >= 11 is 4.26. The number of amides is 2. The van der Waals surface area contributed by atoms with Crippen LogP contribution in [0.3, 0.4) is 0 Å². The highest BCUT2D eigenvalue weighted by Gasteiger charge is 2.06. The van der Waals surface area contributed by atoms with Gasteiger partial charge in [0.2, 0.25) is 0 Å². The zero-order chi connectivity index (χ0) is 13.0. The zero-order valence-electron chi connectivity index (χ0n) is 9.84. The first-order chi connectivity index (χ1) is 8.66. The summed E-state index contributed by atoms with van der Waals surface area (Å²) in [6.45, 7) is 1.88. The number of nitrogens with one attached hydrogen (secondary N) is 2. The van der Waals surface area contributed by atoms with Crippen molar-refractivity contribution in [3.8, 4) is 0 Å². The number of nitrogens with zero attached hydrogens (tertiary/aromatic N) is 1. The summed E-state index contributed by atoms with van der Waals surface area (Å²) in [5, 5.41) is 5.41. The van der Waals surface area contributed by atoms with Crippen LogP contribution in [0.15, 0.2) is 47.5 Å². The first kappa shape index (κ1) is 12.4. The SMILES string of the molecule is Cc1cccnc1NC(=O)Nc1ccccc1S. The Labute approximate surface area is 111 Å². The molecule has 0 aliphatic carbocycles. The molecule has 0 aliphatic rings. The van der Waals surface area contributed by atoms with Gasteiger partial charge < -0.3 is 5.32 Å². The van der Waals surface area contributed by atoms with Crippen molar-refractivity contribution in [1.29, 1.82) is 0 Å². The number of carbonyl (C=O) groups is 1. The molecule has 0 spiro atoms. The fraction of sp³-hybridized carbons (Fsp3) is 0.0769. The lowest BCUT2D eigenvalue weighted by Crippen LogP contribution is -2.20. The van der Waals surface area contributed by atoms with Crippen LogP contribution in [0.1, 0.15) is 5.56 Å². The molecule has 0 unspecified atom stereocenters. The maximum atomic E-state index is 11.8. The van der Waals surface area contributed by atoms with Crippen molar-refractivity contribution in [2.75, 3.05) is 10.6 Å². The third-order valence-electron chi connectivity index (χ3n) is 2.39. The number of benzene rings is 1. The number of hydrogen-bond donors (Lipinski definition) is 3. The van der Waals surface area contributed by atoms with Crippen LogP contribution in [0.4, 0.5) is 16.3 Å². The van der Waals surface area contributed by atoms with Gasteiger partial charge >= 0.3 is 6.03 Å². The molecule has 2 aromatic rings. The molecule has 0 saturated carbocycles. The fourth-order valence-corrected chi connectivity index (χ4v) is 1.67. The van der Waals surface area contributed by atoms with E-state index in [0.717, 1.165) is 5.56 Å². The Bertz CT molecular complexity index is 522. The smallest absolute Gasteiger partial charge is 0.307 e. The quantitative estimate of drug-likeness (QED) is 0.725. The average Bonchev–Trinajstić information content (AvgIpc) is 2.35. The lowest BCUT2D eigenvalue weighted by atomic mass is 10.3. The number of rotatable bonds is 2. The summed E-state index contributed by atoms with van der Waals surface area (Å²) in [6.07, 6.45) is 1.63. The molecule has 0 aliphatic heterocycles. The molecular formula is C13H13N3OS. The van der Waals surface area contributed by atoms with Gasteiger partial charge in [-0.1, -0.05) is 18.2 Å². The van der Waals surface area contributed by atoms with E-state index in [0.29, 0.717) is 16.4 Å². The van der Waals surface area contributed by atoms with E-state index in [1.54, 1.807) is 12.3 Å². The number of hydrogen-bond acceptors (Lipinski definition) is 3. The molecule has 0 radical (unpaired) electrons. The van der Waals surface area contributed by atoms with Gasteiger partial charge in [-0.2, -0.15) is 0 Å². The lowest BCUT2D eigenvalue weighted by Gasteiger charge is -2.09. The fourth-order valence-electron chi connectivity index (χ4n) is 1.46. The highest BCUT2D eigenvalue weighted by molar-refractivity contribution is 7.80. The number of aryl methyl sites for hydroxylation is 1. The molecule has 1 aromatic heterocycles. The van der Waals surface area contributed by atoms with Crippen molar-refractivity contribution in [2.45, 2.75) is 11.8 Å². The molecule has 5 heteroatoms. The van der Waals surface area contributed by atoms with Crippen molar-refractivity contribution in [3.05, 3.63) is 48.2 Å². The number of pyridine rings is 1. The summed E-state index contributed by atoms with van der Waals surface area (Å²) < 4.78 is 0. The minimum Gasteiger partial charge on any atom is -0.307 e. The first-order valence-corrected chi connectivity index (χ1v) is 5.89. The van der Waals surface area contributed by atoms with Crippen LogP contribution in [-0.4, -0.2) is 11.0 Å². The number of urea groups is 1. The summed E-state index contributed by atoms with van der Waals surface area (Å²) in [6, 6.07) is 10.7. The number of thiol groups is 1. The highest BCUT2D eigenvalue weighted by atomic mass is 32.1. The van der Waals surface area contributed by atoms with E-state index in [-0.39, 0.29) is 6.03 Å². The van der Waals surface area contributed by atoms with Gasteiger partial charge in [0.25, 0.3) is 0 Å². The van der Waals surface area contributed by atoms with E-state index in [1.807, 2.05) is 37.3 Å². The van der Waals surface area contributed by atoms with Crippen LogP contribution in [0, 0.1) is 6.92 Å². The van der Waals surface area contributed by atoms with Gasteiger partial charge in [-0.3, -0.25) is 5.32 Å². The summed E-state index contributed by atoms with van der Waals surface area (Å²) in [5.41, 5.74) is 1.57. The Morgan fingerprint density at radius 2 is 1.94 bits per heavy atom. The van der Waals surface area contributed by atoms with Crippen LogP contribution < -0.4 is 10.6 Å². The second-order valence-electron chi connectivity index (χ2n) is 3.77. The molecule has 2 rings (SSSR count). The molecule has 92 valence electrons. The predicted octanol–water partition coefficient (Wildman–Crippen LogP) is 3.32. The molecule has 1 aromatic carbocycles. The average molecular weight is 259 g/mol. The Kier molecular flexibility index (Phi) is 3.84. The van der Waals surface area contributed by atoms with Crippen LogP contribution in [-0.2, 0) is 0 Å². The van der Waals surface area contributed by atoms with Gasteiger partial charge in [0.15, 0.2) is 0 Å². The minimum absolute atomic E-state index is 0.335. The van der Waals surface area contributed by atoms with E-state index in [2.05, 4.69) is 28.2 Å². The molecule has 2 amide bonds. The topological polar surface area (TPSA) is 54.0 Å². The van der Waals surface area contributed by atoms with Crippen molar-refractivity contribution in [2.24, 2.45) is 0 Å². The maximum Gasteiger partial charge on any atom is 0.324 e. The summed E-state index contributed by atoms with van der Waals surface area (Å²) in [5.74, 6) is 0.548. The third-order valence-corrected chi connectivity index (χ3v) is 2.78. The Balaban J connectivity index is 2.06. The minimum atomic E-state index is -0.335. The molecule has 4 nitrogen and oxygen atoms in total. The van der Waals surface area contributed by atoms with Crippen molar-refractivity contribution < 1.29 is 4.79 Å². The van der Waals surface area contributed by atoms with Crippen LogP contribution >= 0.6 is 12.6 Å². The standard InChI is InChI=1S/C13H13N3OS/c1-9-5-4-8-14-12(9)16-13(17)15-10-6-2-3-7-11(10)18/h2-8,18H,1H3,(H2,14,15,16,17). The van der Waals surface area contributed by atoms with Gasteiger partial charge in [0, 0.05) is 11.1 Å². The van der Waals surface area contributed by atoms with Gasteiger partial charge in [-0.25, -0.2) is 9.78 Å². The van der Waals surface area contributed by atoms with Gasteiger partial charge in [0.1, 0.15) is 5.82 Å². The highest BCUT2D eigenvalue weighted by Crippen LogP contribution is 2.19. The monoisotopic (exact) mass is 259 g/mol. The van der Waals surface area contributed by atoms with E-state index in [4.69, 9.17) is 0 Å². The normalized spacial score (nSPS) is 9.89. The van der Waals surface area contributed by atoms with Crippen molar-refractivity contribution >= 4 is 30.2 Å². The molecule has 18 heavy (non-hydrogen) atoms. The number of carbonyl (C=O) groups excluding carboxylic acids is 1. The molecule has 0 saturated heterocycles. The van der Waals surface area contributed by atoms with E-state index < -0.39 is 0 Å². The van der Waals surface area contributed by atoms with Crippen LogP contribution in [0.2, 0.25) is 0 Å². The molecule has 0 atom stereocenters.